The van der Waals surface area contributed by atoms with Crippen molar-refractivity contribution in [3.8, 4) is 17.0 Å². The number of aromatic nitrogens is 1. The molecule has 2 N–H and O–H groups in total. The van der Waals surface area contributed by atoms with Crippen molar-refractivity contribution in [1.29, 1.82) is 0 Å². The third-order valence-electron chi connectivity index (χ3n) is 4.56. The van der Waals surface area contributed by atoms with Crippen LogP contribution in [0.1, 0.15) is 12.8 Å². The summed E-state index contributed by atoms with van der Waals surface area (Å²) in [5.74, 6) is 0.567. The van der Waals surface area contributed by atoms with Gasteiger partial charge in [-0.05, 0) is 38.1 Å². The summed E-state index contributed by atoms with van der Waals surface area (Å²) < 4.78 is 5.69. The Kier molecular flexibility index (Phi) is 4.54. The van der Waals surface area contributed by atoms with E-state index in [4.69, 9.17) is 21.3 Å². The van der Waals surface area contributed by atoms with Gasteiger partial charge in [-0.1, -0.05) is 11.6 Å². The molecule has 2 aliphatic rings. The number of thiazole rings is 1. The van der Waals surface area contributed by atoms with E-state index in [1.807, 2.05) is 11.4 Å². The third kappa shape index (κ3) is 3.31. The number of amides is 1. The van der Waals surface area contributed by atoms with Gasteiger partial charge < -0.3 is 20.3 Å². The monoisotopic (exact) mass is 378 g/mol. The highest BCUT2D eigenvalue weighted by Gasteiger charge is 2.27. The fourth-order valence-corrected chi connectivity index (χ4v) is 4.14. The number of ether oxygens (including phenoxy) is 1. The summed E-state index contributed by atoms with van der Waals surface area (Å²) in [5.41, 5.74) is 2.30. The molecule has 25 heavy (non-hydrogen) atoms. The van der Waals surface area contributed by atoms with Crippen molar-refractivity contribution < 1.29 is 9.53 Å². The Morgan fingerprint density at radius 1 is 1.40 bits per heavy atom. The number of anilines is 2. The number of benzene rings is 1. The van der Waals surface area contributed by atoms with Crippen LogP contribution in [-0.2, 0) is 4.79 Å². The second kappa shape index (κ2) is 6.82. The lowest BCUT2D eigenvalue weighted by Gasteiger charge is -2.27. The van der Waals surface area contributed by atoms with Crippen LogP contribution in [0.3, 0.4) is 0 Å². The Bertz CT molecular complexity index is 804. The van der Waals surface area contributed by atoms with Gasteiger partial charge in [0.25, 0.3) is 5.91 Å². The molecule has 4 rings (SSSR count). The van der Waals surface area contributed by atoms with Gasteiger partial charge in [0.15, 0.2) is 17.5 Å². The molecule has 0 aliphatic carbocycles. The summed E-state index contributed by atoms with van der Waals surface area (Å²) in [6.45, 7) is 2.10. The molecule has 132 valence electrons. The number of carbonyl (C=O) groups is 1. The molecular weight excluding hydrogens is 360 g/mol. The van der Waals surface area contributed by atoms with E-state index in [1.165, 1.54) is 0 Å². The van der Waals surface area contributed by atoms with E-state index < -0.39 is 0 Å². The molecular formula is C17H19ClN4O2S. The number of nitrogens with one attached hydrogen (secondary N) is 2. The zero-order chi connectivity index (χ0) is 17.4. The van der Waals surface area contributed by atoms with Gasteiger partial charge in [0.1, 0.15) is 0 Å². The van der Waals surface area contributed by atoms with Crippen LogP contribution in [0.25, 0.3) is 11.3 Å². The molecule has 1 aromatic carbocycles. The van der Waals surface area contributed by atoms with Gasteiger partial charge >= 0.3 is 0 Å². The van der Waals surface area contributed by atoms with Gasteiger partial charge in [0.2, 0.25) is 0 Å². The van der Waals surface area contributed by atoms with E-state index in [0.717, 1.165) is 42.3 Å². The zero-order valence-corrected chi connectivity index (χ0v) is 15.4. The molecule has 0 spiro atoms. The number of carbonyl (C=O) groups excluding carboxylic acids is 1. The molecule has 0 unspecified atom stereocenters. The van der Waals surface area contributed by atoms with Crippen molar-refractivity contribution in [2.24, 2.45) is 0 Å². The second-order valence-corrected chi connectivity index (χ2v) is 7.54. The molecule has 0 radical (unpaired) electrons. The summed E-state index contributed by atoms with van der Waals surface area (Å²) >= 11 is 7.84. The van der Waals surface area contributed by atoms with Crippen LogP contribution in [0.5, 0.6) is 5.75 Å². The first-order valence-electron chi connectivity index (χ1n) is 8.28. The van der Waals surface area contributed by atoms with E-state index in [9.17, 15) is 4.79 Å². The van der Waals surface area contributed by atoms with Crippen LogP contribution in [0.15, 0.2) is 17.5 Å². The minimum absolute atomic E-state index is 0.0302. The number of hydrogen-bond acceptors (Lipinski definition) is 6. The average Bonchev–Trinajstić information content (AvgIpc) is 3.07. The Labute approximate surface area is 155 Å². The second-order valence-electron chi connectivity index (χ2n) is 6.25. The van der Waals surface area contributed by atoms with Crippen molar-refractivity contribution in [1.82, 2.24) is 10.3 Å². The molecule has 1 fully saturated rings. The first kappa shape index (κ1) is 16.6. The van der Waals surface area contributed by atoms with Crippen LogP contribution in [0, 0.1) is 0 Å². The average molecular weight is 379 g/mol. The zero-order valence-electron chi connectivity index (χ0n) is 13.8. The minimum Gasteiger partial charge on any atom is -0.481 e. The number of nitrogens with zero attached hydrogens (tertiary/aromatic N) is 2. The van der Waals surface area contributed by atoms with Crippen LogP contribution in [0.4, 0.5) is 10.8 Å². The molecule has 8 heteroatoms. The number of hydrogen-bond donors (Lipinski definition) is 2. The molecule has 0 atom stereocenters. The Hall–Kier alpha value is -1.83. The summed E-state index contributed by atoms with van der Waals surface area (Å²) in [4.78, 5) is 18.2. The largest absolute Gasteiger partial charge is 0.481 e. The number of halogens is 1. The Balaban J connectivity index is 1.64. The fourth-order valence-electron chi connectivity index (χ4n) is 3.14. The van der Waals surface area contributed by atoms with E-state index in [0.29, 0.717) is 22.5 Å². The minimum atomic E-state index is -0.0905. The standard InChI is InChI=1S/C17H19ClN4O2S/c1-22-14-7-10(18)6-12(16(14)24-8-15(22)23)13-9-25-17(21-13)20-11-2-4-19-5-3-11/h6-7,9,11,19H,2-5,8H2,1H3,(H,20,21). The highest BCUT2D eigenvalue weighted by Crippen LogP contribution is 2.43. The molecule has 2 aromatic rings. The summed E-state index contributed by atoms with van der Waals surface area (Å²) in [6, 6.07) is 4.04. The number of likely N-dealkylation sites (N-methyl/N-ethyl adjacent to an activating group) is 1. The number of fused-ring (bicyclic) bond motifs is 1. The predicted molar refractivity (Wildman–Crippen MR) is 101 cm³/mol. The topological polar surface area (TPSA) is 66.5 Å². The van der Waals surface area contributed by atoms with E-state index in [1.54, 1.807) is 29.4 Å². The Morgan fingerprint density at radius 3 is 3.00 bits per heavy atom. The van der Waals surface area contributed by atoms with Gasteiger partial charge in [0.05, 0.1) is 11.4 Å². The summed E-state index contributed by atoms with van der Waals surface area (Å²) in [7, 11) is 1.73. The van der Waals surface area contributed by atoms with Gasteiger partial charge in [-0.3, -0.25) is 4.79 Å². The SMILES string of the molecule is CN1C(=O)COc2c(-c3csc(NC4CCNCC4)n3)cc(Cl)cc21. The number of rotatable bonds is 3. The molecule has 1 amide bonds. The maximum Gasteiger partial charge on any atom is 0.264 e. The molecule has 6 nitrogen and oxygen atoms in total. The summed E-state index contributed by atoms with van der Waals surface area (Å²) in [5, 5.41) is 10.3. The van der Waals surface area contributed by atoms with Crippen LogP contribution in [-0.4, -0.2) is 43.7 Å². The number of piperidine rings is 1. The van der Waals surface area contributed by atoms with Crippen molar-refractivity contribution in [2.45, 2.75) is 18.9 Å². The lowest BCUT2D eigenvalue weighted by Crippen LogP contribution is -2.35. The molecule has 0 saturated carbocycles. The summed E-state index contributed by atoms with van der Waals surface area (Å²) in [6.07, 6.45) is 2.19. The maximum atomic E-state index is 11.9. The van der Waals surface area contributed by atoms with Crippen molar-refractivity contribution in [2.75, 3.05) is 37.0 Å². The first-order chi connectivity index (χ1) is 12.1. The Morgan fingerprint density at radius 2 is 2.20 bits per heavy atom. The van der Waals surface area contributed by atoms with Gasteiger partial charge in [-0.2, -0.15) is 0 Å². The molecule has 1 aromatic heterocycles. The quantitative estimate of drug-likeness (QED) is 0.859. The van der Waals surface area contributed by atoms with Crippen molar-refractivity contribution >= 4 is 39.7 Å². The van der Waals surface area contributed by atoms with Crippen molar-refractivity contribution in [3.05, 3.63) is 22.5 Å². The van der Waals surface area contributed by atoms with Gasteiger partial charge in [-0.25, -0.2) is 4.98 Å². The molecule has 3 heterocycles. The first-order valence-corrected chi connectivity index (χ1v) is 9.53. The smallest absolute Gasteiger partial charge is 0.264 e. The third-order valence-corrected chi connectivity index (χ3v) is 5.55. The lowest BCUT2D eigenvalue weighted by molar-refractivity contribution is -0.120. The van der Waals surface area contributed by atoms with E-state index in [2.05, 4.69) is 10.6 Å². The normalized spacial score (nSPS) is 18.0. The lowest BCUT2D eigenvalue weighted by atomic mass is 10.1. The van der Waals surface area contributed by atoms with Crippen LogP contribution in [0.2, 0.25) is 5.02 Å². The fraction of sp³-hybridized carbons (Fsp3) is 0.412. The highest BCUT2D eigenvalue weighted by atomic mass is 35.5. The van der Waals surface area contributed by atoms with Crippen molar-refractivity contribution in [3.63, 3.8) is 0 Å². The molecule has 2 aliphatic heterocycles. The molecule has 1 saturated heterocycles. The van der Waals surface area contributed by atoms with Gasteiger partial charge in [0, 0.05) is 29.1 Å². The molecule has 0 bridgehead atoms. The van der Waals surface area contributed by atoms with Crippen LogP contribution >= 0.6 is 22.9 Å². The predicted octanol–water partition coefficient (Wildman–Crippen LogP) is 2.98. The van der Waals surface area contributed by atoms with E-state index >= 15 is 0 Å². The maximum absolute atomic E-state index is 11.9. The van der Waals surface area contributed by atoms with Crippen LogP contribution < -0.4 is 20.3 Å². The van der Waals surface area contributed by atoms with Gasteiger partial charge in [-0.15, -0.1) is 11.3 Å². The van der Waals surface area contributed by atoms with E-state index in [-0.39, 0.29) is 12.5 Å². The highest BCUT2D eigenvalue weighted by molar-refractivity contribution is 7.14.